The molecule has 15 heavy (non-hydrogen) atoms. The van der Waals surface area contributed by atoms with Gasteiger partial charge in [-0.1, -0.05) is 42.5 Å². The van der Waals surface area contributed by atoms with E-state index in [1.165, 1.54) is 12.0 Å². The summed E-state index contributed by atoms with van der Waals surface area (Å²) in [4.78, 5) is 0. The molecule has 3 rings (SSSR count). The van der Waals surface area contributed by atoms with Gasteiger partial charge in [0.15, 0.2) is 0 Å². The summed E-state index contributed by atoms with van der Waals surface area (Å²) < 4.78 is 0. The van der Waals surface area contributed by atoms with E-state index >= 15 is 0 Å². The summed E-state index contributed by atoms with van der Waals surface area (Å²) in [6.07, 6.45) is 6.70. The smallest absolute Gasteiger partial charge is 0.0890 e. The van der Waals surface area contributed by atoms with Gasteiger partial charge >= 0.3 is 0 Å². The van der Waals surface area contributed by atoms with Crippen LogP contribution in [0.2, 0.25) is 0 Å². The summed E-state index contributed by atoms with van der Waals surface area (Å²) in [5, 5.41) is 9.51. The second-order valence-corrected chi connectivity index (χ2v) is 4.64. The first-order valence-electron chi connectivity index (χ1n) is 5.50. The van der Waals surface area contributed by atoms with Crippen molar-refractivity contribution in [1.82, 2.24) is 0 Å². The van der Waals surface area contributed by atoms with Gasteiger partial charge in [0.25, 0.3) is 0 Å². The first kappa shape index (κ1) is 8.73. The Balaban J connectivity index is 2.10. The Kier molecular flexibility index (Phi) is 1.73. The molecule has 3 atom stereocenters. The number of hydrogen-bond donors (Lipinski definition) is 0. The van der Waals surface area contributed by atoms with E-state index in [1.807, 2.05) is 18.2 Å². The Bertz CT molecular complexity index is 440. The van der Waals surface area contributed by atoms with Crippen molar-refractivity contribution in [3.63, 3.8) is 0 Å². The van der Waals surface area contributed by atoms with E-state index in [0.717, 1.165) is 6.42 Å². The molecule has 0 aliphatic heterocycles. The van der Waals surface area contributed by atoms with Crippen molar-refractivity contribution in [2.24, 2.45) is 11.8 Å². The molecule has 1 heteroatoms. The number of nitrogens with zero attached hydrogens (tertiary/aromatic N) is 1. The van der Waals surface area contributed by atoms with Crippen LogP contribution in [0.1, 0.15) is 18.4 Å². The van der Waals surface area contributed by atoms with E-state index in [4.69, 9.17) is 0 Å². The molecule has 0 amide bonds. The van der Waals surface area contributed by atoms with Crippen molar-refractivity contribution in [2.75, 3.05) is 0 Å². The Hall–Kier alpha value is -1.55. The lowest BCUT2D eigenvalue weighted by atomic mass is 9.72. The molecule has 3 unspecified atom stereocenters. The molecular weight excluding hydrogens is 182 g/mol. The molecule has 0 saturated heterocycles. The van der Waals surface area contributed by atoms with Gasteiger partial charge in [0.2, 0.25) is 0 Å². The lowest BCUT2D eigenvalue weighted by molar-refractivity contribution is 0.463. The van der Waals surface area contributed by atoms with Crippen molar-refractivity contribution >= 4 is 0 Å². The molecule has 0 heterocycles. The standard InChI is InChI=1S/C14H13N/c15-10-14(12-4-2-1-3-5-12)9-11-6-7-13(14)8-11/h1-7,11,13H,8-9H2. The lowest BCUT2D eigenvalue weighted by Gasteiger charge is -2.28. The third-order valence-electron chi connectivity index (χ3n) is 3.88. The average Bonchev–Trinajstić information content (AvgIpc) is 2.90. The third kappa shape index (κ3) is 1.08. The van der Waals surface area contributed by atoms with Gasteiger partial charge in [-0.3, -0.25) is 0 Å². The van der Waals surface area contributed by atoms with Gasteiger partial charge in [-0.25, -0.2) is 0 Å². The molecule has 0 aromatic heterocycles. The Labute approximate surface area is 90.0 Å². The van der Waals surface area contributed by atoms with E-state index in [1.54, 1.807) is 0 Å². The normalized spacial score (nSPS) is 36.7. The first-order valence-corrected chi connectivity index (χ1v) is 5.50. The summed E-state index contributed by atoms with van der Waals surface area (Å²) in [6, 6.07) is 12.8. The zero-order valence-electron chi connectivity index (χ0n) is 8.56. The van der Waals surface area contributed by atoms with Crippen LogP contribution in [-0.4, -0.2) is 0 Å². The predicted octanol–water partition coefficient (Wildman–Crippen LogP) is 3.04. The molecule has 74 valence electrons. The molecule has 2 aliphatic carbocycles. The highest BCUT2D eigenvalue weighted by Crippen LogP contribution is 2.52. The second kappa shape index (κ2) is 2.97. The lowest BCUT2D eigenvalue weighted by Crippen LogP contribution is -2.28. The molecule has 2 bridgehead atoms. The number of allylic oxidation sites excluding steroid dienone is 2. The zero-order valence-corrected chi connectivity index (χ0v) is 8.56. The van der Waals surface area contributed by atoms with Crippen molar-refractivity contribution < 1.29 is 0 Å². The minimum absolute atomic E-state index is 0.235. The van der Waals surface area contributed by atoms with Gasteiger partial charge in [-0.2, -0.15) is 5.26 Å². The van der Waals surface area contributed by atoms with Crippen molar-refractivity contribution in [2.45, 2.75) is 18.3 Å². The van der Waals surface area contributed by atoms with Crippen molar-refractivity contribution in [1.29, 1.82) is 5.26 Å². The number of hydrogen-bond acceptors (Lipinski definition) is 1. The summed E-state index contributed by atoms with van der Waals surface area (Å²) >= 11 is 0. The van der Waals surface area contributed by atoms with E-state index < -0.39 is 0 Å². The molecule has 1 aromatic rings. The highest BCUT2D eigenvalue weighted by molar-refractivity contribution is 5.40. The minimum atomic E-state index is -0.235. The fourth-order valence-corrected chi connectivity index (χ4v) is 3.12. The Morgan fingerprint density at radius 2 is 2.00 bits per heavy atom. The quantitative estimate of drug-likeness (QED) is 0.632. The van der Waals surface area contributed by atoms with Crippen molar-refractivity contribution in [3.05, 3.63) is 48.0 Å². The fourth-order valence-electron chi connectivity index (χ4n) is 3.12. The van der Waals surface area contributed by atoms with Gasteiger partial charge in [0, 0.05) is 5.92 Å². The molecule has 1 nitrogen and oxygen atoms in total. The first-order chi connectivity index (χ1) is 7.35. The summed E-state index contributed by atoms with van der Waals surface area (Å²) in [5.74, 6) is 1.07. The van der Waals surface area contributed by atoms with Gasteiger partial charge < -0.3 is 0 Å². The summed E-state index contributed by atoms with van der Waals surface area (Å²) in [6.45, 7) is 0. The molecule has 2 aliphatic rings. The van der Waals surface area contributed by atoms with Crippen LogP contribution >= 0.6 is 0 Å². The maximum atomic E-state index is 9.51. The van der Waals surface area contributed by atoms with Crippen LogP contribution in [0.5, 0.6) is 0 Å². The average molecular weight is 195 g/mol. The maximum Gasteiger partial charge on any atom is 0.0890 e. The van der Waals surface area contributed by atoms with Crippen LogP contribution < -0.4 is 0 Å². The molecule has 1 aromatic carbocycles. The second-order valence-electron chi connectivity index (χ2n) is 4.64. The highest BCUT2D eigenvalue weighted by Gasteiger charge is 2.49. The van der Waals surface area contributed by atoms with Gasteiger partial charge in [-0.15, -0.1) is 0 Å². The number of benzene rings is 1. The summed E-state index contributed by atoms with van der Waals surface area (Å²) in [7, 11) is 0. The molecule has 1 saturated carbocycles. The topological polar surface area (TPSA) is 23.8 Å². The number of fused-ring (bicyclic) bond motifs is 2. The van der Waals surface area contributed by atoms with Crippen LogP contribution in [0.25, 0.3) is 0 Å². The SMILES string of the molecule is N#CC1(c2ccccc2)CC2C=CC1C2. The van der Waals surface area contributed by atoms with Crippen LogP contribution in [0.3, 0.4) is 0 Å². The van der Waals surface area contributed by atoms with Crippen LogP contribution in [0.15, 0.2) is 42.5 Å². The molecule has 0 N–H and O–H groups in total. The molecule has 1 fully saturated rings. The van der Waals surface area contributed by atoms with Crippen LogP contribution in [0.4, 0.5) is 0 Å². The van der Waals surface area contributed by atoms with E-state index in [-0.39, 0.29) is 5.41 Å². The largest absolute Gasteiger partial charge is 0.197 e. The predicted molar refractivity (Wildman–Crippen MR) is 59.1 cm³/mol. The molecule has 0 radical (unpaired) electrons. The van der Waals surface area contributed by atoms with Gasteiger partial charge in [-0.05, 0) is 24.3 Å². The van der Waals surface area contributed by atoms with Crippen LogP contribution in [-0.2, 0) is 5.41 Å². The third-order valence-corrected chi connectivity index (χ3v) is 3.88. The zero-order chi connectivity index (χ0) is 10.3. The molecule has 0 spiro atoms. The van der Waals surface area contributed by atoms with E-state index in [9.17, 15) is 5.26 Å². The van der Waals surface area contributed by atoms with Gasteiger partial charge in [0.1, 0.15) is 0 Å². The maximum absolute atomic E-state index is 9.51. The van der Waals surface area contributed by atoms with Crippen molar-refractivity contribution in [3.8, 4) is 6.07 Å². The van der Waals surface area contributed by atoms with Gasteiger partial charge in [0.05, 0.1) is 11.5 Å². The monoisotopic (exact) mass is 195 g/mol. The highest BCUT2D eigenvalue weighted by atomic mass is 14.5. The fraction of sp³-hybridized carbons (Fsp3) is 0.357. The van der Waals surface area contributed by atoms with Crippen LogP contribution in [0, 0.1) is 23.2 Å². The van der Waals surface area contributed by atoms with E-state index in [0.29, 0.717) is 11.8 Å². The number of rotatable bonds is 1. The minimum Gasteiger partial charge on any atom is -0.197 e. The molecular formula is C14H13N. The Morgan fingerprint density at radius 3 is 2.53 bits per heavy atom. The summed E-state index contributed by atoms with van der Waals surface area (Å²) in [5.41, 5.74) is 0.963. The van der Waals surface area contributed by atoms with E-state index in [2.05, 4.69) is 30.4 Å². The number of nitriles is 1. The Morgan fingerprint density at radius 1 is 1.20 bits per heavy atom.